The van der Waals surface area contributed by atoms with E-state index >= 15 is 0 Å². The van der Waals surface area contributed by atoms with Gasteiger partial charge in [-0.15, -0.1) is 0 Å². The van der Waals surface area contributed by atoms with Gasteiger partial charge < -0.3 is 10.3 Å². The van der Waals surface area contributed by atoms with E-state index in [1.165, 1.54) is 5.56 Å². The summed E-state index contributed by atoms with van der Waals surface area (Å²) in [6, 6.07) is 12.6. The van der Waals surface area contributed by atoms with Crippen LogP contribution in [0, 0.1) is 18.3 Å². The van der Waals surface area contributed by atoms with E-state index in [1.54, 1.807) is 17.8 Å². The van der Waals surface area contributed by atoms with E-state index in [1.807, 2.05) is 4.57 Å². The van der Waals surface area contributed by atoms with Gasteiger partial charge in [-0.3, -0.25) is 0 Å². The lowest BCUT2D eigenvalue weighted by molar-refractivity contribution is 0.497. The Morgan fingerprint density at radius 1 is 1.35 bits per heavy atom. The van der Waals surface area contributed by atoms with E-state index in [4.69, 9.17) is 5.73 Å². The Bertz CT molecular complexity index is 635. The van der Waals surface area contributed by atoms with E-state index in [2.05, 4.69) is 51.1 Å². The van der Waals surface area contributed by atoms with Crippen molar-refractivity contribution < 1.29 is 0 Å². The van der Waals surface area contributed by atoms with Crippen molar-refractivity contribution in [3.05, 3.63) is 41.6 Å². The molecule has 1 atom stereocenters. The summed E-state index contributed by atoms with van der Waals surface area (Å²) in [5, 5.41) is 10.2. The Hall–Kier alpha value is -1.86. The van der Waals surface area contributed by atoms with Gasteiger partial charge in [-0.05, 0) is 38.5 Å². The molecule has 1 aromatic heterocycles. The van der Waals surface area contributed by atoms with Gasteiger partial charge in [0.2, 0.25) is 0 Å². The molecule has 0 amide bonds. The van der Waals surface area contributed by atoms with E-state index in [0.717, 1.165) is 16.3 Å². The number of nitrogens with two attached hydrogens (primary N) is 1. The number of hydrogen-bond donors (Lipinski definition) is 1. The molecule has 0 saturated heterocycles. The lowest BCUT2D eigenvalue weighted by Crippen LogP contribution is -2.07. The van der Waals surface area contributed by atoms with E-state index in [0.29, 0.717) is 11.4 Å². The molecule has 0 bridgehead atoms. The van der Waals surface area contributed by atoms with Crippen molar-refractivity contribution in [2.24, 2.45) is 0 Å². The van der Waals surface area contributed by atoms with Crippen LogP contribution in [-0.2, 0) is 0 Å². The minimum Gasteiger partial charge on any atom is -0.397 e. The predicted molar refractivity (Wildman–Crippen MR) is 83.9 cm³/mol. The van der Waals surface area contributed by atoms with Crippen molar-refractivity contribution in [3.8, 4) is 6.07 Å². The molecule has 1 unspecified atom stereocenters. The highest BCUT2D eigenvalue weighted by molar-refractivity contribution is 7.99. The zero-order chi connectivity index (χ0) is 14.7. The molecule has 0 aliphatic heterocycles. The van der Waals surface area contributed by atoms with Crippen LogP contribution < -0.4 is 5.73 Å². The van der Waals surface area contributed by atoms with Gasteiger partial charge >= 0.3 is 0 Å². The third-order valence-electron chi connectivity index (χ3n) is 3.40. The molecule has 0 aliphatic carbocycles. The molecular weight excluding hydrogens is 266 g/mol. The highest BCUT2D eigenvalue weighted by Crippen LogP contribution is 2.37. The van der Waals surface area contributed by atoms with Crippen LogP contribution in [0.15, 0.2) is 40.3 Å². The molecule has 2 aromatic rings. The fourth-order valence-corrected chi connectivity index (χ4v) is 3.11. The first-order chi connectivity index (χ1) is 9.56. The Morgan fingerprint density at radius 2 is 2.00 bits per heavy atom. The standard InChI is InChI=1S/C16H19N3S/c1-4-12(3)19-13(10-17)9-15(18)16(19)20-14-7-5-11(2)6-8-14/h5-9,12H,4,18H2,1-3H3. The van der Waals surface area contributed by atoms with Crippen molar-refractivity contribution in [2.45, 2.75) is 43.2 Å². The van der Waals surface area contributed by atoms with Crippen LogP contribution in [0.4, 0.5) is 5.69 Å². The van der Waals surface area contributed by atoms with Crippen molar-refractivity contribution in [2.75, 3.05) is 5.73 Å². The lowest BCUT2D eigenvalue weighted by Gasteiger charge is -2.17. The SMILES string of the molecule is CCC(C)n1c(C#N)cc(N)c1Sc1ccc(C)cc1. The summed E-state index contributed by atoms with van der Waals surface area (Å²) < 4.78 is 2.04. The number of nitrogen functional groups attached to an aromatic ring is 1. The molecule has 4 heteroatoms. The zero-order valence-electron chi connectivity index (χ0n) is 12.1. The summed E-state index contributed by atoms with van der Waals surface area (Å²) in [6.07, 6.45) is 0.963. The van der Waals surface area contributed by atoms with Gasteiger partial charge in [0.05, 0.1) is 5.69 Å². The van der Waals surface area contributed by atoms with Gasteiger partial charge in [0.15, 0.2) is 0 Å². The van der Waals surface area contributed by atoms with Crippen LogP contribution in [0.25, 0.3) is 0 Å². The molecule has 2 N–H and O–H groups in total. The highest BCUT2D eigenvalue weighted by Gasteiger charge is 2.17. The molecule has 2 rings (SSSR count). The van der Waals surface area contributed by atoms with Crippen molar-refractivity contribution in [3.63, 3.8) is 0 Å². The van der Waals surface area contributed by atoms with Crippen molar-refractivity contribution >= 4 is 17.4 Å². The van der Waals surface area contributed by atoms with E-state index in [9.17, 15) is 5.26 Å². The summed E-state index contributed by atoms with van der Waals surface area (Å²) in [6.45, 7) is 6.29. The molecule has 20 heavy (non-hydrogen) atoms. The number of aromatic nitrogens is 1. The predicted octanol–water partition coefficient (Wildman–Crippen LogP) is 4.37. The van der Waals surface area contributed by atoms with Crippen LogP contribution in [-0.4, -0.2) is 4.57 Å². The van der Waals surface area contributed by atoms with Gasteiger partial charge in [0.1, 0.15) is 16.8 Å². The number of nitriles is 1. The summed E-state index contributed by atoms with van der Waals surface area (Å²) in [5.74, 6) is 0. The van der Waals surface area contributed by atoms with Gasteiger partial charge in [-0.2, -0.15) is 5.26 Å². The third-order valence-corrected chi connectivity index (χ3v) is 4.53. The zero-order valence-corrected chi connectivity index (χ0v) is 12.9. The molecule has 0 spiro atoms. The molecular formula is C16H19N3S. The number of benzene rings is 1. The van der Waals surface area contributed by atoms with Crippen LogP contribution >= 0.6 is 11.8 Å². The van der Waals surface area contributed by atoms with Gasteiger partial charge in [-0.25, -0.2) is 0 Å². The third kappa shape index (κ3) is 2.83. The number of anilines is 1. The number of nitrogens with zero attached hydrogens (tertiary/aromatic N) is 2. The fraction of sp³-hybridized carbons (Fsp3) is 0.312. The molecule has 104 valence electrons. The number of rotatable bonds is 4. The number of aryl methyl sites for hydroxylation is 1. The average molecular weight is 285 g/mol. The Morgan fingerprint density at radius 3 is 2.55 bits per heavy atom. The Labute approximate surface area is 124 Å². The van der Waals surface area contributed by atoms with Gasteiger partial charge in [-0.1, -0.05) is 36.4 Å². The molecule has 0 saturated carbocycles. The summed E-state index contributed by atoms with van der Waals surface area (Å²) >= 11 is 1.62. The molecule has 1 heterocycles. The van der Waals surface area contributed by atoms with Crippen molar-refractivity contribution in [1.82, 2.24) is 4.57 Å². The lowest BCUT2D eigenvalue weighted by atomic mass is 10.2. The molecule has 0 aliphatic rings. The molecule has 1 aromatic carbocycles. The van der Waals surface area contributed by atoms with E-state index < -0.39 is 0 Å². The summed E-state index contributed by atoms with van der Waals surface area (Å²) in [5.41, 5.74) is 8.63. The second kappa shape index (κ2) is 6.06. The quantitative estimate of drug-likeness (QED) is 0.907. The van der Waals surface area contributed by atoms with E-state index in [-0.39, 0.29) is 6.04 Å². The van der Waals surface area contributed by atoms with Crippen LogP contribution in [0.3, 0.4) is 0 Å². The largest absolute Gasteiger partial charge is 0.397 e. The summed E-state index contributed by atoms with van der Waals surface area (Å²) in [7, 11) is 0. The van der Waals surface area contributed by atoms with Gasteiger partial charge in [0.25, 0.3) is 0 Å². The maximum Gasteiger partial charge on any atom is 0.123 e. The number of hydrogen-bond acceptors (Lipinski definition) is 3. The molecule has 0 radical (unpaired) electrons. The fourth-order valence-electron chi connectivity index (χ4n) is 2.06. The monoisotopic (exact) mass is 285 g/mol. The second-order valence-electron chi connectivity index (χ2n) is 4.94. The first-order valence-electron chi connectivity index (χ1n) is 6.72. The van der Waals surface area contributed by atoms with Crippen LogP contribution in [0.2, 0.25) is 0 Å². The minimum atomic E-state index is 0.259. The van der Waals surface area contributed by atoms with Gasteiger partial charge in [0, 0.05) is 10.9 Å². The first kappa shape index (κ1) is 14.5. The normalized spacial score (nSPS) is 12.1. The van der Waals surface area contributed by atoms with Crippen LogP contribution in [0.5, 0.6) is 0 Å². The minimum absolute atomic E-state index is 0.259. The van der Waals surface area contributed by atoms with Crippen molar-refractivity contribution in [1.29, 1.82) is 5.26 Å². The molecule has 0 fully saturated rings. The Kier molecular flexibility index (Phi) is 4.41. The topological polar surface area (TPSA) is 54.7 Å². The Balaban J connectivity index is 2.43. The first-order valence-corrected chi connectivity index (χ1v) is 7.53. The molecule has 3 nitrogen and oxygen atoms in total. The smallest absolute Gasteiger partial charge is 0.123 e. The summed E-state index contributed by atoms with van der Waals surface area (Å²) in [4.78, 5) is 1.13. The van der Waals surface area contributed by atoms with Crippen LogP contribution in [0.1, 0.15) is 37.6 Å². The second-order valence-corrected chi connectivity index (χ2v) is 6.01. The maximum atomic E-state index is 9.27. The maximum absolute atomic E-state index is 9.27. The average Bonchev–Trinajstić information content (AvgIpc) is 2.77. The highest BCUT2D eigenvalue weighted by atomic mass is 32.2.